The number of nitrogens with zero attached hydrogens (tertiary/aromatic N) is 5. The Kier molecular flexibility index (Phi) is 6.00. The highest BCUT2D eigenvalue weighted by Crippen LogP contribution is 2.46. The molecule has 3 aromatic rings. The van der Waals surface area contributed by atoms with Gasteiger partial charge in [-0.1, -0.05) is 31.8 Å². The number of hydrogen-bond donors (Lipinski definition) is 0. The van der Waals surface area contributed by atoms with E-state index in [4.69, 9.17) is 9.72 Å². The van der Waals surface area contributed by atoms with Crippen LogP contribution in [0.5, 0.6) is 0 Å². The van der Waals surface area contributed by atoms with Gasteiger partial charge in [0.25, 0.3) is 0 Å². The number of carbonyl (C=O) groups is 1. The van der Waals surface area contributed by atoms with Gasteiger partial charge in [-0.05, 0) is 50.9 Å². The average molecular weight is 464 g/mol. The Morgan fingerprint density at radius 1 is 1.06 bits per heavy atom. The number of imidazole rings is 1. The second-order valence-electron chi connectivity index (χ2n) is 10.5. The van der Waals surface area contributed by atoms with Crippen molar-refractivity contribution in [2.75, 3.05) is 11.5 Å². The highest BCUT2D eigenvalue weighted by molar-refractivity contribution is 6.76. The molecule has 0 fully saturated rings. The molecule has 1 aliphatic rings. The van der Waals surface area contributed by atoms with Crippen LogP contribution in [0, 0.1) is 13.8 Å². The maximum Gasteiger partial charge on any atom is 0.242 e. The number of hydrogen-bond acceptors (Lipinski definition) is 5. The maximum atomic E-state index is 13.5. The summed E-state index contributed by atoms with van der Waals surface area (Å²) in [5, 5.41) is 0. The number of ether oxygens (including phenoxy) is 1. The number of anilines is 2. The van der Waals surface area contributed by atoms with E-state index in [1.54, 1.807) is 4.90 Å². The first-order chi connectivity index (χ1) is 15.5. The molecular weight excluding hydrogens is 430 g/mol. The summed E-state index contributed by atoms with van der Waals surface area (Å²) in [7, 11) is -1.14. The second-order valence-corrected chi connectivity index (χ2v) is 16.1. The lowest BCUT2D eigenvalue weighted by molar-refractivity contribution is -0.121. The zero-order valence-electron chi connectivity index (χ0n) is 20.6. The molecule has 33 heavy (non-hydrogen) atoms. The molecule has 1 amide bonds. The number of aryl methyl sites for hydroxylation is 2. The van der Waals surface area contributed by atoms with Gasteiger partial charge in [0.15, 0.2) is 5.82 Å². The summed E-state index contributed by atoms with van der Waals surface area (Å²) in [5.74, 6) is 2.18. The van der Waals surface area contributed by atoms with Crippen LogP contribution in [0.15, 0.2) is 36.8 Å². The lowest BCUT2D eigenvalue weighted by atomic mass is 9.85. The Hall–Kier alpha value is -2.84. The number of rotatable bonds is 7. The molecule has 1 aromatic carbocycles. The van der Waals surface area contributed by atoms with E-state index in [0.29, 0.717) is 12.5 Å². The predicted molar refractivity (Wildman–Crippen MR) is 133 cm³/mol. The first-order valence-corrected chi connectivity index (χ1v) is 15.1. The SMILES string of the molecule is Cc1ncc(-c2ccc3c(c2)N(c2cn(COCC[Si](C)(C)C)c(C)n2)C(=O)C3(C)C)cn1. The van der Waals surface area contributed by atoms with Crippen molar-refractivity contribution in [1.82, 2.24) is 19.5 Å². The zero-order chi connectivity index (χ0) is 24.0. The Balaban J connectivity index is 1.65. The molecule has 8 heteroatoms. The van der Waals surface area contributed by atoms with Crippen molar-refractivity contribution >= 4 is 25.5 Å². The third kappa shape index (κ3) is 4.63. The van der Waals surface area contributed by atoms with Gasteiger partial charge in [-0.3, -0.25) is 9.69 Å². The van der Waals surface area contributed by atoms with Crippen LogP contribution < -0.4 is 4.90 Å². The van der Waals surface area contributed by atoms with Crippen LogP contribution in [0.3, 0.4) is 0 Å². The van der Waals surface area contributed by atoms with Crippen LogP contribution in [0.25, 0.3) is 11.1 Å². The fraction of sp³-hybridized carbons (Fsp3) is 0.440. The van der Waals surface area contributed by atoms with Gasteiger partial charge in [-0.2, -0.15) is 0 Å². The molecule has 174 valence electrons. The molecule has 0 unspecified atom stereocenters. The topological polar surface area (TPSA) is 73.1 Å². The largest absolute Gasteiger partial charge is 0.361 e. The van der Waals surface area contributed by atoms with E-state index in [1.807, 2.05) is 69.1 Å². The normalized spacial score (nSPS) is 15.2. The number of aromatic nitrogens is 4. The summed E-state index contributed by atoms with van der Waals surface area (Å²) < 4.78 is 7.88. The van der Waals surface area contributed by atoms with E-state index in [1.165, 1.54) is 0 Å². The van der Waals surface area contributed by atoms with Crippen LogP contribution >= 0.6 is 0 Å². The third-order valence-corrected chi connectivity index (χ3v) is 7.89. The summed E-state index contributed by atoms with van der Waals surface area (Å²) in [4.78, 5) is 28.6. The summed E-state index contributed by atoms with van der Waals surface area (Å²) in [5.41, 5.74) is 3.09. The Morgan fingerprint density at radius 3 is 2.42 bits per heavy atom. The van der Waals surface area contributed by atoms with Gasteiger partial charge in [-0.25, -0.2) is 15.0 Å². The van der Waals surface area contributed by atoms with Crippen LogP contribution in [0.2, 0.25) is 25.7 Å². The van der Waals surface area contributed by atoms with Gasteiger partial charge in [0.05, 0.1) is 17.3 Å². The van der Waals surface area contributed by atoms with Gasteiger partial charge in [-0.15, -0.1) is 0 Å². The number of carbonyl (C=O) groups excluding carboxylic acids is 1. The maximum absolute atomic E-state index is 13.5. The van der Waals surface area contributed by atoms with Crippen LogP contribution in [0.1, 0.15) is 31.1 Å². The van der Waals surface area contributed by atoms with Gasteiger partial charge in [0.2, 0.25) is 5.91 Å². The summed E-state index contributed by atoms with van der Waals surface area (Å²) in [6.07, 6.45) is 5.54. The monoisotopic (exact) mass is 463 g/mol. The molecule has 0 spiro atoms. The van der Waals surface area contributed by atoms with Crippen LogP contribution in [-0.4, -0.2) is 40.1 Å². The first kappa shape index (κ1) is 23.3. The highest BCUT2D eigenvalue weighted by Gasteiger charge is 2.45. The Labute approximate surface area is 196 Å². The molecule has 3 heterocycles. The molecule has 0 aliphatic carbocycles. The standard InChI is InChI=1S/C25H33N5O2Si/c1-17-26-13-20(14-27-17)19-8-9-21-22(12-19)30(24(31)25(21,3)4)23-15-29(18(2)28-23)16-32-10-11-33(5,6)7/h8-9,12-15H,10-11,16H2,1-7H3. The number of benzene rings is 1. The minimum absolute atomic E-state index is 0.0131. The molecule has 0 bridgehead atoms. The molecule has 0 radical (unpaired) electrons. The Bertz CT molecular complexity index is 1180. The quantitative estimate of drug-likeness (QED) is 0.354. The predicted octanol–water partition coefficient (Wildman–Crippen LogP) is 5.23. The number of fused-ring (bicyclic) bond motifs is 1. The molecule has 0 N–H and O–H groups in total. The lowest BCUT2D eigenvalue weighted by Crippen LogP contribution is -2.33. The molecule has 0 atom stereocenters. The van der Waals surface area contributed by atoms with Gasteiger partial charge >= 0.3 is 0 Å². The zero-order valence-corrected chi connectivity index (χ0v) is 21.6. The van der Waals surface area contributed by atoms with E-state index in [2.05, 4.69) is 29.6 Å². The van der Waals surface area contributed by atoms with Crippen molar-refractivity contribution in [3.05, 3.63) is 54.0 Å². The lowest BCUT2D eigenvalue weighted by Gasteiger charge is -2.18. The van der Waals surface area contributed by atoms with E-state index in [9.17, 15) is 4.79 Å². The van der Waals surface area contributed by atoms with Crippen molar-refractivity contribution in [3.8, 4) is 11.1 Å². The molecular formula is C25H33N5O2Si. The molecule has 4 rings (SSSR count). The van der Waals surface area contributed by atoms with Gasteiger partial charge in [0, 0.05) is 32.6 Å². The van der Waals surface area contributed by atoms with Gasteiger partial charge in [0.1, 0.15) is 18.4 Å². The minimum Gasteiger partial charge on any atom is -0.361 e. The van der Waals surface area contributed by atoms with Crippen molar-refractivity contribution < 1.29 is 9.53 Å². The smallest absolute Gasteiger partial charge is 0.242 e. The van der Waals surface area contributed by atoms with E-state index in [-0.39, 0.29) is 5.91 Å². The van der Waals surface area contributed by atoms with E-state index in [0.717, 1.165) is 46.7 Å². The number of amides is 1. The summed E-state index contributed by atoms with van der Waals surface area (Å²) in [6.45, 7) is 15.9. The van der Waals surface area contributed by atoms with Gasteiger partial charge < -0.3 is 9.30 Å². The minimum atomic E-state index is -1.14. The molecule has 1 aliphatic heterocycles. The van der Waals surface area contributed by atoms with Crippen molar-refractivity contribution in [2.45, 2.75) is 65.5 Å². The van der Waals surface area contributed by atoms with E-state index >= 15 is 0 Å². The van der Waals surface area contributed by atoms with Crippen molar-refractivity contribution in [3.63, 3.8) is 0 Å². The van der Waals surface area contributed by atoms with Crippen molar-refractivity contribution in [1.29, 1.82) is 0 Å². The van der Waals surface area contributed by atoms with E-state index < -0.39 is 13.5 Å². The summed E-state index contributed by atoms with van der Waals surface area (Å²) >= 11 is 0. The molecule has 0 saturated carbocycles. The first-order valence-electron chi connectivity index (χ1n) is 11.4. The van der Waals surface area contributed by atoms with Crippen LogP contribution in [-0.2, 0) is 21.7 Å². The average Bonchev–Trinajstić information content (AvgIpc) is 3.19. The van der Waals surface area contributed by atoms with Crippen molar-refractivity contribution in [2.24, 2.45) is 0 Å². The highest BCUT2D eigenvalue weighted by atomic mass is 28.3. The fourth-order valence-electron chi connectivity index (χ4n) is 3.97. The molecule has 2 aromatic heterocycles. The second kappa shape index (κ2) is 8.50. The third-order valence-electron chi connectivity index (χ3n) is 6.18. The van der Waals surface area contributed by atoms with Crippen LogP contribution in [0.4, 0.5) is 11.5 Å². The fourth-order valence-corrected chi connectivity index (χ4v) is 4.73. The molecule has 7 nitrogen and oxygen atoms in total. The Morgan fingerprint density at radius 2 is 1.76 bits per heavy atom. The summed E-state index contributed by atoms with van der Waals surface area (Å²) in [6, 6.07) is 7.22. The molecule has 0 saturated heterocycles.